The summed E-state index contributed by atoms with van der Waals surface area (Å²) in [5.74, 6) is 0.339. The van der Waals surface area contributed by atoms with Crippen molar-refractivity contribution in [2.45, 2.75) is 65.1 Å². The summed E-state index contributed by atoms with van der Waals surface area (Å²) in [7, 11) is 0. The molecule has 2 amide bonds. The van der Waals surface area contributed by atoms with Crippen LogP contribution in [0.5, 0.6) is 11.5 Å². The number of likely N-dealkylation sites (tertiary alicyclic amines) is 1. The lowest BCUT2D eigenvalue weighted by molar-refractivity contribution is 0.0287. The average molecular weight is 594 g/mol. The van der Waals surface area contributed by atoms with Gasteiger partial charge in [0.1, 0.15) is 22.7 Å². The van der Waals surface area contributed by atoms with E-state index >= 15 is 0 Å². The summed E-state index contributed by atoms with van der Waals surface area (Å²) in [4.78, 5) is 27.3. The smallest absolute Gasteiger partial charge is 0.410 e. The normalized spacial score (nSPS) is 17.2. The fraction of sp³-hybridized carbons (Fsp3) is 0.467. The Bertz CT molecular complexity index is 1240. The second-order valence-corrected chi connectivity index (χ2v) is 12.7. The third-order valence-corrected chi connectivity index (χ3v) is 6.81. The number of nitrogens with zero attached hydrogens (tertiary/aromatic N) is 2. The van der Waals surface area contributed by atoms with Gasteiger partial charge in [-0.25, -0.2) is 9.59 Å². The van der Waals surface area contributed by atoms with Gasteiger partial charge in [-0.2, -0.15) is 0 Å². The summed E-state index contributed by atoms with van der Waals surface area (Å²) in [6, 6.07) is 10.3. The number of halogens is 2. The number of hydrogen-bond acceptors (Lipinski definition) is 6. The quantitative estimate of drug-likeness (QED) is 0.375. The van der Waals surface area contributed by atoms with Crippen molar-refractivity contribution in [3.8, 4) is 11.5 Å². The van der Waals surface area contributed by atoms with Crippen molar-refractivity contribution in [3.05, 3.63) is 63.6 Å². The third kappa shape index (κ3) is 8.96. The summed E-state index contributed by atoms with van der Waals surface area (Å²) >= 11 is 11.6. The van der Waals surface area contributed by atoms with Crippen LogP contribution in [0, 0.1) is 0 Å². The van der Waals surface area contributed by atoms with E-state index in [1.807, 2.05) is 59.8 Å². The molecular formula is C30H38Cl2N2O6. The van der Waals surface area contributed by atoms with E-state index in [4.69, 9.17) is 32.7 Å². The van der Waals surface area contributed by atoms with Gasteiger partial charge in [0.25, 0.3) is 0 Å². The number of phenolic OH excluding ortho intramolecular Hbond substituents is 2. The van der Waals surface area contributed by atoms with Gasteiger partial charge < -0.3 is 29.5 Å². The lowest BCUT2D eigenvalue weighted by atomic mass is 9.98. The molecule has 0 bridgehead atoms. The van der Waals surface area contributed by atoms with Crippen LogP contribution < -0.4 is 0 Å². The first-order valence-electron chi connectivity index (χ1n) is 13.1. The minimum atomic E-state index is -0.502. The first-order chi connectivity index (χ1) is 18.5. The number of phenols is 2. The van der Waals surface area contributed by atoms with Crippen LogP contribution in [0.4, 0.5) is 9.59 Å². The van der Waals surface area contributed by atoms with Crippen molar-refractivity contribution in [1.82, 2.24) is 9.80 Å². The highest BCUT2D eigenvalue weighted by Crippen LogP contribution is 2.33. The Morgan fingerprint density at radius 2 is 1.40 bits per heavy atom. The van der Waals surface area contributed by atoms with Crippen LogP contribution in [0.2, 0.25) is 10.0 Å². The Hall–Kier alpha value is -3.10. The molecule has 2 aromatic rings. The number of aromatic hydroxyl groups is 2. The van der Waals surface area contributed by atoms with Gasteiger partial charge in [-0.1, -0.05) is 41.4 Å². The lowest BCUT2D eigenvalue weighted by Crippen LogP contribution is -2.35. The lowest BCUT2D eigenvalue weighted by Gasteiger charge is -2.24. The van der Waals surface area contributed by atoms with Crippen LogP contribution in [0.3, 0.4) is 0 Å². The summed E-state index contributed by atoms with van der Waals surface area (Å²) in [5, 5.41) is 19.9. The zero-order valence-corrected chi connectivity index (χ0v) is 25.3. The van der Waals surface area contributed by atoms with Crippen molar-refractivity contribution in [1.29, 1.82) is 0 Å². The minimum Gasteiger partial charge on any atom is -0.506 e. The number of benzene rings is 2. The molecule has 1 atom stereocenters. The van der Waals surface area contributed by atoms with Crippen LogP contribution >= 0.6 is 23.2 Å². The number of amides is 2. The van der Waals surface area contributed by atoms with E-state index in [0.29, 0.717) is 36.2 Å². The molecule has 0 spiro atoms. The maximum Gasteiger partial charge on any atom is 0.410 e. The van der Waals surface area contributed by atoms with E-state index in [2.05, 4.69) is 0 Å². The summed E-state index contributed by atoms with van der Waals surface area (Å²) in [6.07, 6.45) is 2.20. The average Bonchev–Trinajstić information content (AvgIpc) is 3.52. The molecule has 0 saturated carbocycles. The minimum absolute atomic E-state index is 0.0424. The molecule has 0 radical (unpaired) electrons. The highest BCUT2D eigenvalue weighted by Gasteiger charge is 2.31. The van der Waals surface area contributed by atoms with Gasteiger partial charge in [0, 0.05) is 32.1 Å². The second-order valence-electron chi connectivity index (χ2n) is 11.9. The Kier molecular flexibility index (Phi) is 9.90. The van der Waals surface area contributed by atoms with Crippen molar-refractivity contribution in [2.24, 2.45) is 0 Å². The van der Waals surface area contributed by atoms with Crippen LogP contribution in [-0.4, -0.2) is 69.6 Å². The maximum atomic E-state index is 12.0. The van der Waals surface area contributed by atoms with Crippen LogP contribution in [-0.2, 0) is 9.47 Å². The first kappa shape index (κ1) is 31.4. The predicted molar refractivity (Wildman–Crippen MR) is 157 cm³/mol. The molecule has 2 aliphatic heterocycles. The number of hydrogen-bond donors (Lipinski definition) is 2. The molecule has 218 valence electrons. The maximum absolute atomic E-state index is 12.0. The Balaban J connectivity index is 0.000000220. The zero-order chi connectivity index (χ0) is 29.8. The predicted octanol–water partition coefficient (Wildman–Crippen LogP) is 7.45. The molecule has 0 aromatic heterocycles. The SMILES string of the molecule is CC(C)(C)OC(=O)N1CC=C(c2ccc(Cl)c(O)c2)C1.CC(C)(C)OC(=O)N1CCC(c2ccc(Cl)c(O)c2)C1. The topological polar surface area (TPSA) is 99.5 Å². The van der Waals surface area contributed by atoms with E-state index in [9.17, 15) is 19.8 Å². The molecule has 2 aromatic carbocycles. The molecule has 8 nitrogen and oxygen atoms in total. The zero-order valence-electron chi connectivity index (χ0n) is 23.8. The monoisotopic (exact) mass is 592 g/mol. The summed E-state index contributed by atoms with van der Waals surface area (Å²) in [5.41, 5.74) is 1.85. The van der Waals surface area contributed by atoms with E-state index in [-0.39, 0.29) is 29.6 Å². The number of carbonyl (C=O) groups is 2. The number of carbonyl (C=O) groups excluding carboxylic acids is 2. The Labute approximate surface area is 246 Å². The van der Waals surface area contributed by atoms with Crippen molar-refractivity contribution < 1.29 is 29.3 Å². The fourth-order valence-corrected chi connectivity index (χ4v) is 4.49. The molecule has 10 heteroatoms. The van der Waals surface area contributed by atoms with Crippen LogP contribution in [0.1, 0.15) is 65.0 Å². The number of rotatable bonds is 2. The summed E-state index contributed by atoms with van der Waals surface area (Å²) < 4.78 is 10.7. The highest BCUT2D eigenvalue weighted by atomic mass is 35.5. The fourth-order valence-electron chi connectivity index (χ4n) is 4.25. The third-order valence-electron chi connectivity index (χ3n) is 6.17. The molecular weight excluding hydrogens is 555 g/mol. The van der Waals surface area contributed by atoms with E-state index in [1.165, 1.54) is 0 Å². The second kappa shape index (κ2) is 12.6. The first-order valence-corrected chi connectivity index (χ1v) is 13.9. The Morgan fingerprint density at radius 1 is 0.850 bits per heavy atom. The molecule has 2 N–H and O–H groups in total. The van der Waals surface area contributed by atoms with Crippen molar-refractivity contribution in [3.63, 3.8) is 0 Å². The standard InChI is InChI=1S/C15H20ClNO3.C15H18ClNO3/c2*1-15(2,3)20-14(19)17-7-6-11(9-17)10-4-5-12(16)13(18)8-10/h4-5,8,11,18H,6-7,9H2,1-3H3;4-6,8,18H,7,9H2,1-3H3. The molecule has 1 fully saturated rings. The molecule has 4 rings (SSSR count). The molecule has 2 heterocycles. The van der Waals surface area contributed by atoms with Crippen molar-refractivity contribution >= 4 is 41.0 Å². The largest absolute Gasteiger partial charge is 0.506 e. The van der Waals surface area contributed by atoms with Gasteiger partial charge in [-0.15, -0.1) is 0 Å². The van der Waals surface area contributed by atoms with Crippen molar-refractivity contribution in [2.75, 3.05) is 26.2 Å². The Morgan fingerprint density at radius 3 is 1.95 bits per heavy atom. The number of ether oxygens (including phenoxy) is 2. The molecule has 40 heavy (non-hydrogen) atoms. The molecule has 1 saturated heterocycles. The summed E-state index contributed by atoms with van der Waals surface area (Å²) in [6.45, 7) is 13.3. The van der Waals surface area contributed by atoms with E-state index in [1.54, 1.807) is 34.1 Å². The van der Waals surface area contributed by atoms with Crippen LogP contribution in [0.15, 0.2) is 42.5 Å². The van der Waals surface area contributed by atoms with Crippen LogP contribution in [0.25, 0.3) is 5.57 Å². The van der Waals surface area contributed by atoms with Gasteiger partial charge in [0.15, 0.2) is 0 Å². The van der Waals surface area contributed by atoms with Gasteiger partial charge in [-0.3, -0.25) is 0 Å². The molecule has 1 unspecified atom stereocenters. The molecule has 2 aliphatic rings. The van der Waals surface area contributed by atoms with E-state index < -0.39 is 11.2 Å². The highest BCUT2D eigenvalue weighted by molar-refractivity contribution is 6.32. The molecule has 0 aliphatic carbocycles. The van der Waals surface area contributed by atoms with Gasteiger partial charge >= 0.3 is 12.2 Å². The van der Waals surface area contributed by atoms with Gasteiger partial charge in [-0.05, 0) is 88.9 Å². The van der Waals surface area contributed by atoms with Gasteiger partial charge in [0.05, 0.1) is 10.0 Å². The van der Waals surface area contributed by atoms with Gasteiger partial charge in [0.2, 0.25) is 0 Å². The van der Waals surface area contributed by atoms with E-state index in [0.717, 1.165) is 23.1 Å².